The van der Waals surface area contributed by atoms with Crippen molar-refractivity contribution in [1.29, 1.82) is 0 Å². The molecule has 98 valence electrons. The third-order valence-electron chi connectivity index (χ3n) is 3.01. The summed E-state index contributed by atoms with van der Waals surface area (Å²) in [7, 11) is 0. The average molecular weight is 265 g/mol. The van der Waals surface area contributed by atoms with Gasteiger partial charge in [-0.2, -0.15) is 0 Å². The molecule has 20 heavy (non-hydrogen) atoms. The number of imidazole rings is 1. The molecule has 3 rings (SSSR count). The van der Waals surface area contributed by atoms with Crippen LogP contribution in [-0.4, -0.2) is 21.7 Å². The lowest BCUT2D eigenvalue weighted by molar-refractivity contribution is 0.0990. The standard InChI is InChI=1S/C15H11N3O2/c16-14(20)15-17-11-7-6-10(8-12(11)18-15)13(19)9-4-2-1-3-5-9/h1-8H,(H2,16,20)(H,17,18). The lowest BCUT2D eigenvalue weighted by Crippen LogP contribution is -2.12. The number of ketones is 1. The van der Waals surface area contributed by atoms with E-state index < -0.39 is 5.91 Å². The minimum Gasteiger partial charge on any atom is -0.363 e. The molecule has 0 bridgehead atoms. The van der Waals surface area contributed by atoms with E-state index in [1.165, 1.54) is 0 Å². The number of fused-ring (bicyclic) bond motifs is 1. The number of carbonyl (C=O) groups excluding carboxylic acids is 2. The van der Waals surface area contributed by atoms with Gasteiger partial charge in [0, 0.05) is 11.1 Å². The van der Waals surface area contributed by atoms with Crippen LogP contribution < -0.4 is 5.73 Å². The van der Waals surface area contributed by atoms with E-state index in [-0.39, 0.29) is 11.6 Å². The molecule has 5 nitrogen and oxygen atoms in total. The van der Waals surface area contributed by atoms with E-state index in [1.807, 2.05) is 18.2 Å². The molecule has 0 saturated heterocycles. The molecule has 0 unspecified atom stereocenters. The Kier molecular flexibility index (Phi) is 2.80. The third-order valence-corrected chi connectivity index (χ3v) is 3.01. The van der Waals surface area contributed by atoms with Crippen LogP contribution in [-0.2, 0) is 0 Å². The van der Waals surface area contributed by atoms with E-state index in [0.29, 0.717) is 22.2 Å². The van der Waals surface area contributed by atoms with Gasteiger partial charge in [0.25, 0.3) is 5.91 Å². The Morgan fingerprint density at radius 2 is 1.75 bits per heavy atom. The molecule has 0 aliphatic rings. The summed E-state index contributed by atoms with van der Waals surface area (Å²) >= 11 is 0. The molecule has 3 aromatic rings. The number of aromatic amines is 1. The minimum atomic E-state index is -0.628. The lowest BCUT2D eigenvalue weighted by atomic mass is 10.0. The number of nitrogens with one attached hydrogen (secondary N) is 1. The van der Waals surface area contributed by atoms with Gasteiger partial charge >= 0.3 is 0 Å². The van der Waals surface area contributed by atoms with E-state index in [0.717, 1.165) is 0 Å². The smallest absolute Gasteiger partial charge is 0.284 e. The van der Waals surface area contributed by atoms with Crippen LogP contribution in [0.1, 0.15) is 26.5 Å². The maximum Gasteiger partial charge on any atom is 0.284 e. The van der Waals surface area contributed by atoms with E-state index in [1.54, 1.807) is 30.3 Å². The molecule has 0 saturated carbocycles. The summed E-state index contributed by atoms with van der Waals surface area (Å²) in [5.74, 6) is -0.621. The van der Waals surface area contributed by atoms with Gasteiger partial charge in [0.15, 0.2) is 11.6 Å². The summed E-state index contributed by atoms with van der Waals surface area (Å²) in [5.41, 5.74) is 7.52. The van der Waals surface area contributed by atoms with Crippen LogP contribution >= 0.6 is 0 Å². The summed E-state index contributed by atoms with van der Waals surface area (Å²) in [6.45, 7) is 0. The van der Waals surface area contributed by atoms with Crippen LogP contribution in [0.25, 0.3) is 11.0 Å². The maximum atomic E-state index is 12.3. The first kappa shape index (κ1) is 12.1. The quantitative estimate of drug-likeness (QED) is 0.709. The Bertz CT molecular complexity index is 806. The second-order valence-electron chi connectivity index (χ2n) is 4.38. The summed E-state index contributed by atoms with van der Waals surface area (Å²) in [4.78, 5) is 30.2. The van der Waals surface area contributed by atoms with Crippen LogP contribution in [0.2, 0.25) is 0 Å². The number of hydrogen-bond acceptors (Lipinski definition) is 3. The van der Waals surface area contributed by atoms with Crippen molar-refractivity contribution in [1.82, 2.24) is 9.97 Å². The average Bonchev–Trinajstić information content (AvgIpc) is 2.90. The van der Waals surface area contributed by atoms with E-state index in [2.05, 4.69) is 9.97 Å². The summed E-state index contributed by atoms with van der Waals surface area (Å²) in [6.07, 6.45) is 0. The summed E-state index contributed by atoms with van der Waals surface area (Å²) in [6, 6.07) is 14.0. The number of H-pyrrole nitrogens is 1. The van der Waals surface area contributed by atoms with Crippen LogP contribution in [0, 0.1) is 0 Å². The van der Waals surface area contributed by atoms with Crippen LogP contribution in [0.5, 0.6) is 0 Å². The van der Waals surface area contributed by atoms with E-state index in [4.69, 9.17) is 5.73 Å². The van der Waals surface area contributed by atoms with Gasteiger partial charge in [-0.1, -0.05) is 30.3 Å². The molecule has 0 fully saturated rings. The molecule has 0 spiro atoms. The molecule has 1 aromatic heterocycles. The first-order valence-electron chi connectivity index (χ1n) is 6.04. The van der Waals surface area contributed by atoms with Crippen molar-refractivity contribution in [3.63, 3.8) is 0 Å². The number of aromatic nitrogens is 2. The van der Waals surface area contributed by atoms with Crippen molar-refractivity contribution >= 4 is 22.7 Å². The van der Waals surface area contributed by atoms with E-state index in [9.17, 15) is 9.59 Å². The Balaban J connectivity index is 2.05. The number of nitrogens with two attached hydrogens (primary N) is 1. The third kappa shape index (κ3) is 2.05. The Labute approximate surface area is 114 Å². The van der Waals surface area contributed by atoms with Crippen molar-refractivity contribution in [2.45, 2.75) is 0 Å². The highest BCUT2D eigenvalue weighted by Gasteiger charge is 2.12. The van der Waals surface area contributed by atoms with Crippen LogP contribution in [0.3, 0.4) is 0 Å². The Hall–Kier alpha value is -2.95. The van der Waals surface area contributed by atoms with Crippen LogP contribution in [0.4, 0.5) is 0 Å². The van der Waals surface area contributed by atoms with Crippen molar-refractivity contribution in [3.8, 4) is 0 Å². The maximum absolute atomic E-state index is 12.3. The van der Waals surface area contributed by atoms with Crippen molar-refractivity contribution < 1.29 is 9.59 Å². The molecule has 0 aliphatic heterocycles. The number of amides is 1. The summed E-state index contributed by atoms with van der Waals surface area (Å²) < 4.78 is 0. The van der Waals surface area contributed by atoms with Gasteiger partial charge in [-0.25, -0.2) is 4.98 Å². The number of carbonyl (C=O) groups is 2. The SMILES string of the molecule is NC(=O)c1nc2ccc(C(=O)c3ccccc3)cc2[nH]1. The lowest BCUT2D eigenvalue weighted by Gasteiger charge is -2.00. The van der Waals surface area contributed by atoms with Gasteiger partial charge in [-0.05, 0) is 18.2 Å². The Morgan fingerprint density at radius 3 is 2.45 bits per heavy atom. The highest BCUT2D eigenvalue weighted by molar-refractivity contribution is 6.10. The number of nitrogens with zero attached hydrogens (tertiary/aromatic N) is 1. The predicted molar refractivity (Wildman–Crippen MR) is 74.5 cm³/mol. The minimum absolute atomic E-state index is 0.0808. The van der Waals surface area contributed by atoms with Gasteiger partial charge in [0.05, 0.1) is 11.0 Å². The first-order chi connectivity index (χ1) is 9.65. The molecule has 1 amide bonds. The van der Waals surface area contributed by atoms with Gasteiger partial charge < -0.3 is 10.7 Å². The second kappa shape index (κ2) is 4.62. The van der Waals surface area contributed by atoms with E-state index >= 15 is 0 Å². The fourth-order valence-electron chi connectivity index (χ4n) is 2.02. The van der Waals surface area contributed by atoms with Crippen LogP contribution in [0.15, 0.2) is 48.5 Å². The molecule has 3 N–H and O–H groups in total. The van der Waals surface area contributed by atoms with Gasteiger partial charge in [0.1, 0.15) is 0 Å². The molecule has 0 radical (unpaired) electrons. The topological polar surface area (TPSA) is 88.8 Å². The van der Waals surface area contributed by atoms with Gasteiger partial charge in [0.2, 0.25) is 0 Å². The van der Waals surface area contributed by atoms with Gasteiger partial charge in [-0.3, -0.25) is 9.59 Å². The molecule has 5 heteroatoms. The normalized spacial score (nSPS) is 10.6. The van der Waals surface area contributed by atoms with Crippen molar-refractivity contribution in [2.24, 2.45) is 5.73 Å². The second-order valence-corrected chi connectivity index (χ2v) is 4.38. The highest BCUT2D eigenvalue weighted by Crippen LogP contribution is 2.16. The fraction of sp³-hybridized carbons (Fsp3) is 0. The monoisotopic (exact) mass is 265 g/mol. The molecular formula is C15H11N3O2. The fourth-order valence-corrected chi connectivity index (χ4v) is 2.02. The van der Waals surface area contributed by atoms with Crippen molar-refractivity contribution in [3.05, 3.63) is 65.5 Å². The molecular weight excluding hydrogens is 254 g/mol. The van der Waals surface area contributed by atoms with Crippen molar-refractivity contribution in [2.75, 3.05) is 0 Å². The molecule has 1 heterocycles. The zero-order chi connectivity index (χ0) is 14.1. The van der Waals surface area contributed by atoms with Gasteiger partial charge in [-0.15, -0.1) is 0 Å². The number of benzene rings is 2. The highest BCUT2D eigenvalue weighted by atomic mass is 16.1. The number of hydrogen-bond donors (Lipinski definition) is 2. The molecule has 0 atom stereocenters. The molecule has 2 aromatic carbocycles. The summed E-state index contributed by atoms with van der Waals surface area (Å²) in [5, 5.41) is 0. The first-order valence-corrected chi connectivity index (χ1v) is 6.04. The zero-order valence-electron chi connectivity index (χ0n) is 10.5. The molecule has 0 aliphatic carbocycles. The zero-order valence-corrected chi connectivity index (χ0v) is 10.5. The largest absolute Gasteiger partial charge is 0.363 e. The Morgan fingerprint density at radius 1 is 1.00 bits per heavy atom. The number of rotatable bonds is 3. The predicted octanol–water partition coefficient (Wildman–Crippen LogP) is 1.89. The number of primary amides is 1.